The topological polar surface area (TPSA) is 79.3 Å². The molecule has 3 heterocycles. The van der Waals surface area contributed by atoms with E-state index >= 15 is 0 Å². The number of aliphatic hydroxyl groups is 1. The van der Waals surface area contributed by atoms with Crippen molar-refractivity contribution in [2.45, 2.75) is 26.1 Å². The highest BCUT2D eigenvalue weighted by Crippen LogP contribution is 2.36. The van der Waals surface area contributed by atoms with E-state index in [1.807, 2.05) is 18.2 Å². The molecular formula is C25H30N2O5. The van der Waals surface area contributed by atoms with Gasteiger partial charge in [0.2, 0.25) is 0 Å². The Morgan fingerprint density at radius 3 is 2.72 bits per heavy atom. The summed E-state index contributed by atoms with van der Waals surface area (Å²) in [5.41, 5.74) is 4.93. The molecule has 3 aliphatic heterocycles. The van der Waals surface area contributed by atoms with Crippen molar-refractivity contribution in [1.29, 1.82) is 0 Å². The van der Waals surface area contributed by atoms with E-state index in [2.05, 4.69) is 22.8 Å². The van der Waals surface area contributed by atoms with Gasteiger partial charge in [0, 0.05) is 50.7 Å². The minimum absolute atomic E-state index is 0.0904. The minimum atomic E-state index is -0.577. The molecule has 0 radical (unpaired) electrons. The monoisotopic (exact) mass is 438 g/mol. The maximum absolute atomic E-state index is 11.8. The van der Waals surface area contributed by atoms with Crippen molar-refractivity contribution in [3.63, 3.8) is 0 Å². The molecule has 1 N–H and O–H groups in total. The summed E-state index contributed by atoms with van der Waals surface area (Å²) in [6.45, 7) is 8.32. The largest absolute Gasteiger partial charge is 0.465 e. The number of benzene rings is 1. The van der Waals surface area contributed by atoms with E-state index in [1.165, 1.54) is 11.1 Å². The quantitative estimate of drug-likeness (QED) is 0.681. The lowest BCUT2D eigenvalue weighted by Gasteiger charge is -2.36. The molecule has 0 saturated carbocycles. The fourth-order valence-electron chi connectivity index (χ4n) is 5.20. The van der Waals surface area contributed by atoms with Gasteiger partial charge < -0.3 is 19.5 Å². The number of piperazine rings is 1. The molecule has 2 fully saturated rings. The molecule has 1 aromatic rings. The van der Waals surface area contributed by atoms with E-state index < -0.39 is 6.10 Å². The number of allylic oxidation sites excluding steroid dienone is 1. The fraction of sp³-hybridized carbons (Fsp3) is 0.520. The van der Waals surface area contributed by atoms with Crippen molar-refractivity contribution in [2.75, 3.05) is 45.9 Å². The van der Waals surface area contributed by atoms with Gasteiger partial charge in [-0.25, -0.2) is 4.79 Å². The van der Waals surface area contributed by atoms with E-state index in [4.69, 9.17) is 9.47 Å². The van der Waals surface area contributed by atoms with E-state index in [9.17, 15) is 14.7 Å². The molecule has 7 nitrogen and oxygen atoms in total. The van der Waals surface area contributed by atoms with Gasteiger partial charge in [-0.1, -0.05) is 23.8 Å². The molecular weight excluding hydrogens is 408 g/mol. The van der Waals surface area contributed by atoms with Crippen LogP contribution in [-0.4, -0.2) is 72.7 Å². The van der Waals surface area contributed by atoms with E-state index in [0.717, 1.165) is 50.3 Å². The van der Waals surface area contributed by atoms with Crippen molar-refractivity contribution in [1.82, 2.24) is 9.80 Å². The minimum Gasteiger partial charge on any atom is -0.465 e. The van der Waals surface area contributed by atoms with Crippen molar-refractivity contribution in [2.24, 2.45) is 11.8 Å². The third-order valence-electron chi connectivity index (χ3n) is 7.36. The highest BCUT2D eigenvalue weighted by molar-refractivity contribution is 5.93. The smallest absolute Gasteiger partial charge is 0.338 e. The maximum Gasteiger partial charge on any atom is 0.338 e. The van der Waals surface area contributed by atoms with Crippen molar-refractivity contribution < 1.29 is 24.2 Å². The summed E-state index contributed by atoms with van der Waals surface area (Å²) < 4.78 is 10.3. The highest BCUT2D eigenvalue weighted by Gasteiger charge is 2.38. The second-order valence-corrected chi connectivity index (χ2v) is 9.23. The zero-order valence-electron chi connectivity index (χ0n) is 18.5. The lowest BCUT2D eigenvalue weighted by atomic mass is 9.81. The first kappa shape index (κ1) is 21.4. The molecule has 32 heavy (non-hydrogen) atoms. The van der Waals surface area contributed by atoms with Crippen LogP contribution in [0.4, 0.5) is 0 Å². The van der Waals surface area contributed by atoms with Crippen LogP contribution in [0, 0.1) is 11.8 Å². The Hall–Kier alpha value is -2.48. The van der Waals surface area contributed by atoms with Crippen molar-refractivity contribution in [3.05, 3.63) is 58.2 Å². The normalized spacial score (nSPS) is 26.7. The lowest BCUT2D eigenvalue weighted by molar-refractivity contribution is -0.140. The Bertz CT molecular complexity index is 977. The summed E-state index contributed by atoms with van der Waals surface area (Å²) in [7, 11) is 0. The number of ether oxygens (including phenoxy) is 2. The van der Waals surface area contributed by atoms with Crippen LogP contribution >= 0.6 is 0 Å². The number of carbonyl (C=O) groups is 2. The number of β-amino-alcohol motifs (C(OH)–C–C–N with tert-alkyl or cyclic N) is 1. The summed E-state index contributed by atoms with van der Waals surface area (Å²) in [4.78, 5) is 28.2. The molecule has 7 heteroatoms. The van der Waals surface area contributed by atoms with Gasteiger partial charge in [-0.15, -0.1) is 0 Å². The molecule has 1 aliphatic carbocycles. The number of carbonyl (C=O) groups excluding carboxylic acids is 2. The van der Waals surface area contributed by atoms with Crippen LogP contribution in [0.5, 0.6) is 0 Å². The molecule has 1 aromatic carbocycles. The molecule has 170 valence electrons. The molecule has 0 bridgehead atoms. The second-order valence-electron chi connectivity index (χ2n) is 9.23. The SMILES string of the molecule is CC1=C(CCN2CCN(CC(O)c3ccc4c(c3)COC4=O)CC2)C=CC2C(=O)OCC12. The van der Waals surface area contributed by atoms with Gasteiger partial charge in [-0.3, -0.25) is 9.69 Å². The van der Waals surface area contributed by atoms with Gasteiger partial charge in [0.1, 0.15) is 6.61 Å². The van der Waals surface area contributed by atoms with Crippen LogP contribution in [0.3, 0.4) is 0 Å². The van der Waals surface area contributed by atoms with Crippen LogP contribution in [0.15, 0.2) is 41.5 Å². The number of aliphatic hydroxyl groups excluding tert-OH is 1. The number of cyclic esters (lactones) is 2. The number of hydrogen-bond donors (Lipinski definition) is 1. The Morgan fingerprint density at radius 2 is 1.91 bits per heavy atom. The molecule has 3 atom stereocenters. The van der Waals surface area contributed by atoms with Gasteiger partial charge in [-0.2, -0.15) is 0 Å². The van der Waals surface area contributed by atoms with Gasteiger partial charge in [-0.05, 0) is 36.6 Å². The predicted octanol–water partition coefficient (Wildman–Crippen LogP) is 2.07. The lowest BCUT2D eigenvalue weighted by Crippen LogP contribution is -2.47. The zero-order valence-corrected chi connectivity index (χ0v) is 18.5. The fourth-order valence-corrected chi connectivity index (χ4v) is 5.20. The van der Waals surface area contributed by atoms with Crippen LogP contribution in [-0.2, 0) is 20.9 Å². The van der Waals surface area contributed by atoms with E-state index in [-0.39, 0.29) is 23.8 Å². The summed E-state index contributed by atoms with van der Waals surface area (Å²) >= 11 is 0. The first-order valence-corrected chi connectivity index (χ1v) is 11.5. The summed E-state index contributed by atoms with van der Waals surface area (Å²) in [6.07, 6.45) is 4.54. The van der Waals surface area contributed by atoms with Crippen LogP contribution in [0.2, 0.25) is 0 Å². The molecule has 2 saturated heterocycles. The highest BCUT2D eigenvalue weighted by atomic mass is 16.5. The number of fused-ring (bicyclic) bond motifs is 2. The number of rotatable bonds is 6. The van der Waals surface area contributed by atoms with Crippen LogP contribution < -0.4 is 0 Å². The average Bonchev–Trinajstić information content (AvgIpc) is 3.37. The van der Waals surface area contributed by atoms with Gasteiger partial charge in [0.05, 0.1) is 24.2 Å². The van der Waals surface area contributed by atoms with Gasteiger partial charge in [0.15, 0.2) is 0 Å². The zero-order chi connectivity index (χ0) is 22.2. The Labute approximate surface area is 188 Å². The van der Waals surface area contributed by atoms with Gasteiger partial charge in [0.25, 0.3) is 0 Å². The first-order valence-electron chi connectivity index (χ1n) is 11.5. The maximum atomic E-state index is 11.8. The number of hydrogen-bond acceptors (Lipinski definition) is 7. The second kappa shape index (κ2) is 8.81. The van der Waals surface area contributed by atoms with E-state index in [1.54, 1.807) is 6.07 Å². The molecule has 0 amide bonds. The average molecular weight is 439 g/mol. The Kier molecular flexibility index (Phi) is 5.88. The molecule has 3 unspecified atom stereocenters. The molecule has 0 spiro atoms. The third kappa shape index (κ3) is 4.12. The van der Waals surface area contributed by atoms with Crippen molar-refractivity contribution >= 4 is 11.9 Å². The van der Waals surface area contributed by atoms with Crippen LogP contribution in [0.1, 0.15) is 40.9 Å². The number of esters is 2. The third-order valence-corrected chi connectivity index (χ3v) is 7.36. The Balaban J connectivity index is 1.09. The molecule has 0 aromatic heterocycles. The standard InChI is InChI=1S/C25H30N2O5/c1-16-17(2-5-21-22(16)15-32-25(21)30)6-7-26-8-10-27(11-9-26)13-23(28)18-3-4-20-19(12-18)14-31-24(20)29/h2-5,12,21-23,28H,6-11,13-15H2,1H3. The predicted molar refractivity (Wildman–Crippen MR) is 118 cm³/mol. The van der Waals surface area contributed by atoms with E-state index in [0.29, 0.717) is 25.3 Å². The summed E-state index contributed by atoms with van der Waals surface area (Å²) in [6, 6.07) is 5.48. The van der Waals surface area contributed by atoms with Gasteiger partial charge >= 0.3 is 11.9 Å². The Morgan fingerprint density at radius 1 is 1.12 bits per heavy atom. The first-order chi connectivity index (χ1) is 15.5. The molecule has 4 aliphatic rings. The van der Waals surface area contributed by atoms with Crippen molar-refractivity contribution in [3.8, 4) is 0 Å². The summed E-state index contributed by atoms with van der Waals surface area (Å²) in [5.74, 6) is -0.251. The molecule has 5 rings (SSSR count). The van der Waals surface area contributed by atoms with Crippen LogP contribution in [0.25, 0.3) is 0 Å². The summed E-state index contributed by atoms with van der Waals surface area (Å²) in [5, 5.41) is 10.7. The number of nitrogens with zero attached hydrogens (tertiary/aromatic N) is 2.